The third-order valence-electron chi connectivity index (χ3n) is 6.02. The normalized spacial score (nSPS) is 12.2. The largest absolute Gasteiger partial charge is 0.454 e. The van der Waals surface area contributed by atoms with Crippen molar-refractivity contribution in [2.45, 2.75) is 26.9 Å². The molecular formula is C26H27N5O3. The van der Waals surface area contributed by atoms with Gasteiger partial charge in [-0.15, -0.1) is 0 Å². The van der Waals surface area contributed by atoms with Crippen molar-refractivity contribution in [3.8, 4) is 22.6 Å². The van der Waals surface area contributed by atoms with E-state index in [9.17, 15) is 4.79 Å². The van der Waals surface area contributed by atoms with Crippen LogP contribution in [-0.2, 0) is 17.9 Å². The summed E-state index contributed by atoms with van der Waals surface area (Å²) in [4.78, 5) is 24.4. The van der Waals surface area contributed by atoms with E-state index < -0.39 is 0 Å². The second-order valence-corrected chi connectivity index (χ2v) is 8.07. The summed E-state index contributed by atoms with van der Waals surface area (Å²) >= 11 is 0. The first-order chi connectivity index (χ1) is 16.7. The molecule has 0 atom stereocenters. The van der Waals surface area contributed by atoms with Crippen molar-refractivity contribution >= 4 is 22.8 Å². The number of carbonyl (C=O) groups excluding carboxylic acids is 1. The lowest BCUT2D eigenvalue weighted by atomic mass is 10.1. The fraction of sp³-hybridized carbons (Fsp3) is 0.269. The highest BCUT2D eigenvalue weighted by atomic mass is 16.7. The lowest BCUT2D eigenvalue weighted by molar-refractivity contribution is -0.121. The Morgan fingerprint density at radius 1 is 1.06 bits per heavy atom. The van der Waals surface area contributed by atoms with E-state index >= 15 is 0 Å². The standard InChI is InChI=1S/C26H27N5O3/c1-3-30(4-2)26-25-24(28-16-29-26)20(19-8-6-5-7-9-19)14-31(25)15-23(32)27-13-18-10-11-21-22(12-18)34-17-33-21/h5-12,14,16H,3-4,13,15,17H2,1-2H3,(H,27,32). The first kappa shape index (κ1) is 21.8. The minimum absolute atomic E-state index is 0.0940. The van der Waals surface area contributed by atoms with Crippen LogP contribution in [0.4, 0.5) is 5.82 Å². The third kappa shape index (κ3) is 4.14. The highest BCUT2D eigenvalue weighted by Gasteiger charge is 2.20. The second kappa shape index (κ2) is 9.43. The zero-order chi connectivity index (χ0) is 23.5. The predicted octanol–water partition coefficient (Wildman–Crippen LogP) is 3.99. The second-order valence-electron chi connectivity index (χ2n) is 8.07. The van der Waals surface area contributed by atoms with Crippen molar-refractivity contribution in [3.63, 3.8) is 0 Å². The summed E-state index contributed by atoms with van der Waals surface area (Å²) in [7, 11) is 0. The Balaban J connectivity index is 1.45. The summed E-state index contributed by atoms with van der Waals surface area (Å²) < 4.78 is 12.8. The molecule has 0 aliphatic carbocycles. The van der Waals surface area contributed by atoms with E-state index in [4.69, 9.17) is 9.47 Å². The van der Waals surface area contributed by atoms with Crippen molar-refractivity contribution in [1.82, 2.24) is 19.9 Å². The molecule has 0 radical (unpaired) electrons. The van der Waals surface area contributed by atoms with Crippen molar-refractivity contribution in [2.24, 2.45) is 0 Å². The summed E-state index contributed by atoms with van der Waals surface area (Å²) in [5.74, 6) is 2.17. The molecule has 0 spiro atoms. The van der Waals surface area contributed by atoms with Crippen LogP contribution in [0.5, 0.6) is 11.5 Å². The van der Waals surface area contributed by atoms with Gasteiger partial charge in [-0.25, -0.2) is 9.97 Å². The Kier molecular flexibility index (Phi) is 6.03. The summed E-state index contributed by atoms with van der Waals surface area (Å²) in [6.45, 7) is 6.61. The molecule has 0 fully saturated rings. The molecule has 1 aliphatic rings. The van der Waals surface area contributed by atoms with Gasteiger partial charge < -0.3 is 24.3 Å². The highest BCUT2D eigenvalue weighted by Crippen LogP contribution is 2.34. The molecule has 1 amide bonds. The minimum Gasteiger partial charge on any atom is -0.454 e. The third-order valence-corrected chi connectivity index (χ3v) is 6.02. The Morgan fingerprint density at radius 2 is 1.85 bits per heavy atom. The van der Waals surface area contributed by atoms with E-state index in [1.165, 1.54) is 0 Å². The van der Waals surface area contributed by atoms with Gasteiger partial charge in [0, 0.05) is 31.4 Å². The number of nitrogens with zero attached hydrogens (tertiary/aromatic N) is 4. The molecule has 5 rings (SSSR count). The number of benzene rings is 2. The molecule has 0 saturated carbocycles. The first-order valence-electron chi connectivity index (χ1n) is 11.5. The number of ether oxygens (including phenoxy) is 2. The van der Waals surface area contributed by atoms with Gasteiger partial charge >= 0.3 is 0 Å². The average molecular weight is 458 g/mol. The lowest BCUT2D eigenvalue weighted by Gasteiger charge is -2.21. The van der Waals surface area contributed by atoms with E-state index in [0.717, 1.165) is 52.4 Å². The summed E-state index contributed by atoms with van der Waals surface area (Å²) in [6, 6.07) is 15.8. The smallest absolute Gasteiger partial charge is 0.240 e. The monoisotopic (exact) mass is 457 g/mol. The van der Waals surface area contributed by atoms with Gasteiger partial charge in [0.15, 0.2) is 17.3 Å². The van der Waals surface area contributed by atoms with Crippen LogP contribution in [0.1, 0.15) is 19.4 Å². The Bertz CT molecular complexity index is 1320. The SMILES string of the molecule is CCN(CC)c1ncnc2c(-c3ccccc3)cn(CC(=O)NCc3ccc4c(c3)OCO4)c12. The van der Waals surface area contributed by atoms with Crippen LogP contribution < -0.4 is 19.7 Å². The zero-order valence-electron chi connectivity index (χ0n) is 19.3. The Morgan fingerprint density at radius 3 is 2.65 bits per heavy atom. The molecule has 0 bridgehead atoms. The molecule has 1 aliphatic heterocycles. The number of carbonyl (C=O) groups is 1. The van der Waals surface area contributed by atoms with Crippen LogP contribution in [0.3, 0.4) is 0 Å². The number of anilines is 1. The van der Waals surface area contributed by atoms with Gasteiger partial charge in [-0.2, -0.15) is 0 Å². The summed E-state index contributed by atoms with van der Waals surface area (Å²) in [5, 5.41) is 3.02. The van der Waals surface area contributed by atoms with Gasteiger partial charge in [-0.05, 0) is 37.1 Å². The van der Waals surface area contributed by atoms with Crippen LogP contribution >= 0.6 is 0 Å². The quantitative estimate of drug-likeness (QED) is 0.431. The molecule has 2 aromatic carbocycles. The molecule has 174 valence electrons. The highest BCUT2D eigenvalue weighted by molar-refractivity contribution is 5.99. The molecule has 8 heteroatoms. The van der Waals surface area contributed by atoms with Gasteiger partial charge in [0.1, 0.15) is 23.9 Å². The molecule has 3 heterocycles. The van der Waals surface area contributed by atoms with Crippen LogP contribution in [0.25, 0.3) is 22.2 Å². The number of rotatable bonds is 8. The maximum Gasteiger partial charge on any atom is 0.240 e. The van der Waals surface area contributed by atoms with Gasteiger partial charge in [-0.1, -0.05) is 36.4 Å². The Labute approximate surface area is 198 Å². The molecular weight excluding hydrogens is 430 g/mol. The number of amides is 1. The van der Waals surface area contributed by atoms with Crippen molar-refractivity contribution in [1.29, 1.82) is 0 Å². The van der Waals surface area contributed by atoms with Gasteiger partial charge in [0.25, 0.3) is 0 Å². The van der Waals surface area contributed by atoms with Crippen LogP contribution in [0.2, 0.25) is 0 Å². The van der Waals surface area contributed by atoms with E-state index in [1.54, 1.807) is 6.33 Å². The fourth-order valence-electron chi connectivity index (χ4n) is 4.28. The van der Waals surface area contributed by atoms with Crippen molar-refractivity contribution in [3.05, 3.63) is 66.6 Å². The van der Waals surface area contributed by atoms with E-state index in [1.807, 2.05) is 47.2 Å². The number of hydrogen-bond acceptors (Lipinski definition) is 6. The average Bonchev–Trinajstić information content (AvgIpc) is 3.49. The first-order valence-corrected chi connectivity index (χ1v) is 11.5. The maximum atomic E-state index is 13.0. The van der Waals surface area contributed by atoms with Crippen LogP contribution in [0, 0.1) is 0 Å². The summed E-state index contributed by atoms with van der Waals surface area (Å²) in [5.41, 5.74) is 4.69. The number of aromatic nitrogens is 3. The lowest BCUT2D eigenvalue weighted by Crippen LogP contribution is -2.28. The molecule has 34 heavy (non-hydrogen) atoms. The van der Waals surface area contributed by atoms with Crippen LogP contribution in [-0.4, -0.2) is 40.3 Å². The molecule has 8 nitrogen and oxygen atoms in total. The van der Waals surface area contributed by atoms with Crippen LogP contribution in [0.15, 0.2) is 61.1 Å². The molecule has 1 N–H and O–H groups in total. The van der Waals surface area contributed by atoms with Gasteiger partial charge in [0.05, 0.1) is 0 Å². The fourth-order valence-corrected chi connectivity index (χ4v) is 4.28. The van der Waals surface area contributed by atoms with Crippen molar-refractivity contribution in [2.75, 3.05) is 24.8 Å². The van der Waals surface area contributed by atoms with E-state index in [-0.39, 0.29) is 19.2 Å². The molecule has 4 aromatic rings. The molecule has 0 saturated heterocycles. The van der Waals surface area contributed by atoms with Gasteiger partial charge in [0.2, 0.25) is 12.7 Å². The van der Waals surface area contributed by atoms with Crippen molar-refractivity contribution < 1.29 is 14.3 Å². The number of fused-ring (bicyclic) bond motifs is 2. The maximum absolute atomic E-state index is 13.0. The Hall–Kier alpha value is -4.07. The number of nitrogens with one attached hydrogen (secondary N) is 1. The number of hydrogen-bond donors (Lipinski definition) is 1. The van der Waals surface area contributed by atoms with E-state index in [0.29, 0.717) is 12.3 Å². The topological polar surface area (TPSA) is 81.5 Å². The molecule has 0 unspecified atom stereocenters. The summed E-state index contributed by atoms with van der Waals surface area (Å²) in [6.07, 6.45) is 3.61. The molecule has 2 aromatic heterocycles. The van der Waals surface area contributed by atoms with E-state index in [2.05, 4.69) is 46.2 Å². The minimum atomic E-state index is -0.0940. The van der Waals surface area contributed by atoms with Gasteiger partial charge in [-0.3, -0.25) is 4.79 Å². The zero-order valence-corrected chi connectivity index (χ0v) is 19.3. The predicted molar refractivity (Wildman–Crippen MR) is 131 cm³/mol.